The third kappa shape index (κ3) is 32.5. The molecule has 6 fully saturated rings. The zero-order valence-electron chi connectivity index (χ0n) is 57.6. The van der Waals surface area contributed by atoms with Gasteiger partial charge in [0.05, 0.1) is 61.5 Å². The van der Waals surface area contributed by atoms with Gasteiger partial charge in [0.2, 0.25) is 35.4 Å². The summed E-state index contributed by atoms with van der Waals surface area (Å²) in [7, 11) is 2.18. The van der Waals surface area contributed by atoms with Gasteiger partial charge in [0, 0.05) is 139 Å². The van der Waals surface area contributed by atoms with Crippen LogP contribution in [0.25, 0.3) is 0 Å². The van der Waals surface area contributed by atoms with Gasteiger partial charge in [0.15, 0.2) is 20.5 Å². The summed E-state index contributed by atoms with van der Waals surface area (Å²) in [6.45, 7) is 27.9. The molecule has 6 saturated heterocycles. The fourth-order valence-electron chi connectivity index (χ4n) is 11.2. The number of carboxylic acids is 1. The summed E-state index contributed by atoms with van der Waals surface area (Å²) in [5.41, 5.74) is 6.96. The molecule has 8 amide bonds. The first-order chi connectivity index (χ1) is 46.8. The number of nitrogens with zero attached hydrogens (tertiary/aromatic N) is 13. The van der Waals surface area contributed by atoms with Gasteiger partial charge in [-0.25, -0.2) is 29.5 Å². The zero-order chi connectivity index (χ0) is 72.4. The van der Waals surface area contributed by atoms with E-state index in [4.69, 9.17) is 20.3 Å². The molecule has 6 aliphatic heterocycles. The second kappa shape index (κ2) is 41.9. The van der Waals surface area contributed by atoms with Gasteiger partial charge >= 0.3 is 83.0 Å². The molecule has 0 saturated carbocycles. The average molecular weight is 1830 g/mol. The van der Waals surface area contributed by atoms with E-state index in [0.717, 1.165) is 134 Å². The molecule has 37 heteroatoms. The number of nitrogen functional groups attached to an aromatic ring is 1. The molecule has 0 aromatic carbocycles. The van der Waals surface area contributed by atoms with E-state index < -0.39 is 29.4 Å². The van der Waals surface area contributed by atoms with E-state index in [-0.39, 0.29) is 59.6 Å². The van der Waals surface area contributed by atoms with Crippen molar-refractivity contribution in [3.8, 4) is 0 Å². The molecular formula is C62H95I3N17O12S4V. The fraction of sp³-hybridized carbons (Fsp3) is 0.661. The van der Waals surface area contributed by atoms with Crippen LogP contribution in [0.3, 0.4) is 0 Å². The van der Waals surface area contributed by atoms with Crippen LogP contribution in [-0.4, -0.2) is 278 Å². The van der Waals surface area contributed by atoms with Crippen LogP contribution in [0.15, 0.2) is 21.5 Å². The van der Waals surface area contributed by atoms with Crippen LogP contribution in [0.5, 0.6) is 0 Å². The number of ether oxygens (including phenoxy) is 2. The summed E-state index contributed by atoms with van der Waals surface area (Å²) >= 11 is 12.5. The molecule has 4 aromatic rings. The van der Waals surface area contributed by atoms with E-state index in [0.29, 0.717) is 89.3 Å². The first-order valence-electron chi connectivity index (χ1n) is 32.9. The van der Waals surface area contributed by atoms with Crippen LogP contribution in [0, 0.1) is 0 Å². The molecule has 550 valence electrons. The molecule has 99 heavy (non-hydrogen) atoms. The Morgan fingerprint density at radius 1 is 0.495 bits per heavy atom. The fourth-order valence-corrected chi connectivity index (χ4v) is 13.9. The van der Waals surface area contributed by atoms with E-state index in [2.05, 4.69) is 122 Å². The van der Waals surface area contributed by atoms with Crippen molar-refractivity contribution in [1.82, 2.24) is 64.0 Å². The minimum atomic E-state index is -0.959. The Bertz CT molecular complexity index is 3250. The SMILES string of the molecule is CC(=O)Nc1nc(CC(=O)N2CCN(CC(=O)N3CCCC3)CC2)cs1.CC(C)(C)OC(=O)Nc1nc(CC(=O)O)cs1.CN1CCC(N2CCN(C(=O)Cc3csc(NC(=O)OC(C)(C)C)n3)CC2)CC1.Nc1nc(CC(=O)N2CCN(CC(=O)N3CCCC3)CC2)cs1.[I][V]([I])[I]. The van der Waals surface area contributed by atoms with Gasteiger partial charge in [-0.3, -0.25) is 58.9 Å². The number of nitrogens with one attached hydrogen (secondary N) is 3. The van der Waals surface area contributed by atoms with Crippen LogP contribution >= 0.6 is 105 Å². The van der Waals surface area contributed by atoms with E-state index in [1.807, 2.05) is 56.0 Å². The number of rotatable bonds is 16. The van der Waals surface area contributed by atoms with Gasteiger partial charge in [-0.2, -0.15) is 0 Å². The number of carbonyl (C=O) groups is 9. The average Bonchev–Trinajstić information content (AvgIpc) is 1.72. The summed E-state index contributed by atoms with van der Waals surface area (Å²) in [5.74, 6) is -0.482. The Morgan fingerprint density at radius 3 is 1.15 bits per heavy atom. The van der Waals surface area contributed by atoms with Crippen molar-refractivity contribution < 1.29 is 62.7 Å². The Kier molecular flexibility index (Phi) is 35.4. The summed E-state index contributed by atoms with van der Waals surface area (Å²) in [6.07, 6.45) is 6.40. The molecule has 0 spiro atoms. The number of aromatic nitrogens is 4. The molecule has 10 heterocycles. The zero-order valence-corrected chi connectivity index (χ0v) is 68.8. The predicted octanol–water partition coefficient (Wildman–Crippen LogP) is 7.49. The number of nitrogens with two attached hydrogens (primary N) is 1. The van der Waals surface area contributed by atoms with Crippen molar-refractivity contribution in [3.05, 3.63) is 44.3 Å². The molecule has 0 aliphatic carbocycles. The first kappa shape index (κ1) is 83.7. The van der Waals surface area contributed by atoms with E-state index in [9.17, 15) is 43.2 Å². The Labute approximate surface area is 633 Å². The van der Waals surface area contributed by atoms with E-state index in [1.165, 1.54) is 53.8 Å². The Hall–Kier alpha value is -4.24. The molecule has 0 bridgehead atoms. The van der Waals surface area contributed by atoms with Gasteiger partial charge in [0.25, 0.3) is 0 Å². The van der Waals surface area contributed by atoms with Crippen LogP contribution < -0.4 is 21.7 Å². The standard InChI is InChI=1S/C20H33N5O3S.C17H25N5O3S.C15H23N5O2S.C10H14N2O4S.3HI.V/c1-20(2,3)28-19(27)22-18-21-15(14-29-18)13-17(26)25-11-9-24(10-12-25)16-5-7-23(4)8-6-16;1-13(23)18-17-19-14(12-26-17)10-15(24)22-8-6-20(7-9-22)11-16(25)21-4-2-3-5-21;16-15-17-12(11-23-15)9-13(21)20-7-5-18(6-8-20)10-14(22)19-3-1-2-4-19;1-10(2,3)16-9(15)12-8-11-6(5-17-8)4-7(13)14;;;;/h14,16H,5-13H2,1-4H3,(H,21,22,27);12H,2-11H2,1H3,(H,18,19,23);11H,1-10H2,(H2,16,17);5H,4H2,1-3H3,(H,13,14)(H,11,12,15);3*1H;/q;;;;;;;+3/p-3. The first-order valence-corrected chi connectivity index (χ1v) is 49.9. The molecule has 29 nitrogen and oxygen atoms in total. The van der Waals surface area contributed by atoms with Crippen molar-refractivity contribution in [3.63, 3.8) is 0 Å². The van der Waals surface area contributed by atoms with E-state index in [1.54, 1.807) is 31.5 Å². The Morgan fingerprint density at radius 2 is 0.818 bits per heavy atom. The van der Waals surface area contributed by atoms with Gasteiger partial charge in [-0.15, -0.1) is 45.3 Å². The molecule has 6 aliphatic rings. The summed E-state index contributed by atoms with van der Waals surface area (Å²) in [6, 6.07) is 0.656. The maximum atomic E-state index is 12.7. The minimum absolute atomic E-state index is 0.0372. The number of carboxylic acid groups (broad SMARTS) is 1. The van der Waals surface area contributed by atoms with Crippen LogP contribution in [0.2, 0.25) is 0 Å². The second-order valence-electron chi connectivity index (χ2n) is 26.3. The monoisotopic (exact) mass is 1830 g/mol. The number of amides is 8. The normalized spacial score (nSPS) is 17.4. The van der Waals surface area contributed by atoms with Crippen molar-refractivity contribution in [1.29, 1.82) is 0 Å². The van der Waals surface area contributed by atoms with Gasteiger partial charge in [-0.1, -0.05) is 0 Å². The number of aliphatic carboxylic acids is 1. The van der Waals surface area contributed by atoms with Crippen molar-refractivity contribution >= 4 is 179 Å². The number of hydrogen-bond acceptors (Lipinski definition) is 24. The number of thiazole rings is 4. The van der Waals surface area contributed by atoms with Crippen LogP contribution in [-0.2, 0) is 73.6 Å². The molecular weight excluding hydrogens is 1730 g/mol. The summed E-state index contributed by atoms with van der Waals surface area (Å²) in [4.78, 5) is 142. The molecule has 10 rings (SSSR count). The number of anilines is 4. The molecule has 0 atom stereocenters. The van der Waals surface area contributed by atoms with Crippen molar-refractivity contribution in [2.45, 2.75) is 130 Å². The number of hydrogen-bond donors (Lipinski definition) is 5. The quantitative estimate of drug-likeness (QED) is 0.0678. The number of halogens is 3. The van der Waals surface area contributed by atoms with Crippen molar-refractivity contribution in [2.24, 2.45) is 0 Å². The van der Waals surface area contributed by atoms with Gasteiger partial charge < -0.3 is 55.0 Å². The third-order valence-corrected chi connectivity index (χ3v) is 19.2. The third-order valence-electron chi connectivity index (χ3n) is 16.0. The number of piperazine rings is 3. The number of likely N-dealkylation sites (tertiary alicyclic amines) is 3. The van der Waals surface area contributed by atoms with Crippen molar-refractivity contribution in [2.75, 3.05) is 160 Å². The molecule has 0 radical (unpaired) electrons. The summed E-state index contributed by atoms with van der Waals surface area (Å²) < 4.78 is 10.3. The van der Waals surface area contributed by atoms with Crippen LogP contribution in [0.1, 0.15) is 110 Å². The van der Waals surface area contributed by atoms with Crippen LogP contribution in [0.4, 0.5) is 30.1 Å². The van der Waals surface area contributed by atoms with Gasteiger partial charge in [0.1, 0.15) is 11.2 Å². The molecule has 6 N–H and O–H groups in total. The second-order valence-corrected chi connectivity index (χ2v) is 65.1. The molecule has 0 unspecified atom stereocenters. The van der Waals surface area contributed by atoms with E-state index >= 15 is 0 Å². The Balaban J connectivity index is 0.000000207. The number of carbonyl (C=O) groups excluding carboxylic acids is 8. The molecule has 4 aromatic heterocycles. The number of piperidine rings is 1. The predicted molar refractivity (Wildman–Crippen MR) is 408 cm³/mol. The summed E-state index contributed by atoms with van der Waals surface area (Å²) in [5, 5.41) is 25.1. The topological polar surface area (TPSA) is 335 Å². The van der Waals surface area contributed by atoms with Gasteiger partial charge in [-0.05, 0) is 100 Å². The maximum absolute atomic E-state index is 12.7.